The molecule has 1 fully saturated rings. The number of nitrogens with zero attached hydrogens (tertiary/aromatic N) is 2. The zero-order valence-electron chi connectivity index (χ0n) is 22.4. The van der Waals surface area contributed by atoms with Gasteiger partial charge in [-0.2, -0.15) is 0 Å². The van der Waals surface area contributed by atoms with E-state index in [1.807, 2.05) is 44.2 Å². The zero-order valence-corrected chi connectivity index (χ0v) is 23.2. The van der Waals surface area contributed by atoms with E-state index in [-0.39, 0.29) is 30.8 Å². The number of hydrogen-bond acceptors (Lipinski definition) is 4. The van der Waals surface area contributed by atoms with Crippen molar-refractivity contribution in [2.45, 2.75) is 83.8 Å². The molecule has 8 heteroatoms. The van der Waals surface area contributed by atoms with Crippen LogP contribution in [0.25, 0.3) is 0 Å². The highest BCUT2D eigenvalue weighted by Crippen LogP contribution is 2.21. The first-order chi connectivity index (χ1) is 17.7. The second-order valence-corrected chi connectivity index (χ2v) is 12.0. The Kier molecular flexibility index (Phi) is 10.6. The van der Waals surface area contributed by atoms with E-state index in [0.717, 1.165) is 36.8 Å². The van der Waals surface area contributed by atoms with Crippen LogP contribution < -0.4 is 9.62 Å². The average molecular weight is 528 g/mol. The molecule has 0 bridgehead atoms. The third kappa shape index (κ3) is 8.59. The summed E-state index contributed by atoms with van der Waals surface area (Å²) in [5.41, 5.74) is 2.67. The number of benzene rings is 2. The Hall–Kier alpha value is -2.87. The van der Waals surface area contributed by atoms with Crippen molar-refractivity contribution in [1.29, 1.82) is 0 Å². The maximum atomic E-state index is 13.6. The van der Waals surface area contributed by atoms with E-state index in [4.69, 9.17) is 0 Å². The number of para-hydroxylation sites is 1. The van der Waals surface area contributed by atoms with Gasteiger partial charge in [-0.15, -0.1) is 0 Å². The molecule has 1 aliphatic carbocycles. The smallest absolute Gasteiger partial charge is 0.243 e. The van der Waals surface area contributed by atoms with Gasteiger partial charge in [-0.3, -0.25) is 13.9 Å². The minimum Gasteiger partial charge on any atom is -0.352 e. The van der Waals surface area contributed by atoms with Gasteiger partial charge in [0.1, 0.15) is 6.04 Å². The molecule has 0 radical (unpaired) electrons. The highest BCUT2D eigenvalue weighted by atomic mass is 32.2. The topological polar surface area (TPSA) is 86.8 Å². The number of carbonyl (C=O) groups excluding carboxylic acids is 2. The largest absolute Gasteiger partial charge is 0.352 e. The minimum absolute atomic E-state index is 0.100. The molecule has 37 heavy (non-hydrogen) atoms. The molecular weight excluding hydrogens is 486 g/mol. The predicted octanol–water partition coefficient (Wildman–Crippen LogP) is 4.80. The molecule has 0 saturated heterocycles. The van der Waals surface area contributed by atoms with Crippen LogP contribution in [0.3, 0.4) is 0 Å². The molecule has 7 nitrogen and oxygen atoms in total. The van der Waals surface area contributed by atoms with Crippen LogP contribution in [-0.4, -0.2) is 50.0 Å². The highest BCUT2D eigenvalue weighted by molar-refractivity contribution is 7.92. The van der Waals surface area contributed by atoms with E-state index < -0.39 is 16.1 Å². The fourth-order valence-electron chi connectivity index (χ4n) is 4.95. The number of carbonyl (C=O) groups is 2. The van der Waals surface area contributed by atoms with Gasteiger partial charge in [-0.05, 0) is 50.3 Å². The van der Waals surface area contributed by atoms with Crippen molar-refractivity contribution in [3.8, 4) is 0 Å². The number of aryl methyl sites for hydroxylation is 1. The molecule has 202 valence electrons. The van der Waals surface area contributed by atoms with Gasteiger partial charge >= 0.3 is 0 Å². The molecular formula is C29H41N3O4S. The third-order valence-corrected chi connectivity index (χ3v) is 8.20. The molecule has 3 rings (SSSR count). The summed E-state index contributed by atoms with van der Waals surface area (Å²) in [6.45, 7) is 4.48. The van der Waals surface area contributed by atoms with Crippen molar-refractivity contribution >= 4 is 27.5 Å². The fourth-order valence-corrected chi connectivity index (χ4v) is 5.92. The second-order valence-electron chi connectivity index (χ2n) is 10.0. The van der Waals surface area contributed by atoms with Crippen molar-refractivity contribution in [3.05, 3.63) is 65.7 Å². The molecule has 0 unspecified atom stereocenters. The van der Waals surface area contributed by atoms with Crippen LogP contribution in [0.1, 0.15) is 69.4 Å². The minimum atomic E-state index is -3.50. The molecule has 1 saturated carbocycles. The Morgan fingerprint density at radius 3 is 2.24 bits per heavy atom. The Balaban J connectivity index is 1.74. The molecule has 1 atom stereocenters. The monoisotopic (exact) mass is 527 g/mol. The van der Waals surface area contributed by atoms with Crippen LogP contribution in [0.15, 0.2) is 54.6 Å². The van der Waals surface area contributed by atoms with Gasteiger partial charge in [-0.1, -0.05) is 74.2 Å². The fraction of sp³-hybridized carbons (Fsp3) is 0.517. The second kappa shape index (κ2) is 13.6. The molecule has 1 aliphatic rings. The molecule has 0 heterocycles. The summed E-state index contributed by atoms with van der Waals surface area (Å²) in [7, 11) is -3.50. The van der Waals surface area contributed by atoms with Crippen molar-refractivity contribution in [2.24, 2.45) is 0 Å². The van der Waals surface area contributed by atoms with Crippen molar-refractivity contribution in [2.75, 3.05) is 17.1 Å². The quantitative estimate of drug-likeness (QED) is 0.430. The first-order valence-corrected chi connectivity index (χ1v) is 15.2. The van der Waals surface area contributed by atoms with Crippen molar-refractivity contribution in [3.63, 3.8) is 0 Å². The SMILES string of the molecule is CC[C@H](C(=O)NC1CCCCC1)N(Cc1ccc(C)cc1)C(=O)CCCN(c1ccccc1)S(C)(=O)=O. The Morgan fingerprint density at radius 1 is 1.00 bits per heavy atom. The molecule has 2 aromatic carbocycles. The van der Waals surface area contributed by atoms with Gasteiger partial charge in [0.25, 0.3) is 0 Å². The Labute approximate surface area is 222 Å². The van der Waals surface area contributed by atoms with Crippen LogP contribution in [0.5, 0.6) is 0 Å². The lowest BCUT2D eigenvalue weighted by molar-refractivity contribution is -0.141. The van der Waals surface area contributed by atoms with Crippen LogP contribution in [0.2, 0.25) is 0 Å². The number of nitrogens with one attached hydrogen (secondary N) is 1. The molecule has 0 aromatic heterocycles. The highest BCUT2D eigenvalue weighted by Gasteiger charge is 2.30. The summed E-state index contributed by atoms with van der Waals surface area (Å²) >= 11 is 0. The predicted molar refractivity (Wildman–Crippen MR) is 149 cm³/mol. The first kappa shape index (κ1) is 28.7. The molecule has 0 spiro atoms. The van der Waals surface area contributed by atoms with Crippen LogP contribution in [0.4, 0.5) is 5.69 Å². The summed E-state index contributed by atoms with van der Waals surface area (Å²) in [4.78, 5) is 28.6. The van der Waals surface area contributed by atoms with Gasteiger partial charge in [-0.25, -0.2) is 8.42 Å². The van der Waals surface area contributed by atoms with Gasteiger partial charge in [0.05, 0.1) is 11.9 Å². The van der Waals surface area contributed by atoms with E-state index in [9.17, 15) is 18.0 Å². The number of anilines is 1. The average Bonchev–Trinajstić information content (AvgIpc) is 2.88. The van der Waals surface area contributed by atoms with Gasteiger partial charge < -0.3 is 10.2 Å². The van der Waals surface area contributed by atoms with Crippen molar-refractivity contribution < 1.29 is 18.0 Å². The maximum Gasteiger partial charge on any atom is 0.243 e. The van der Waals surface area contributed by atoms with E-state index in [1.54, 1.807) is 29.2 Å². The third-order valence-electron chi connectivity index (χ3n) is 7.01. The summed E-state index contributed by atoms with van der Waals surface area (Å²) in [5, 5.41) is 3.20. The number of sulfonamides is 1. The lowest BCUT2D eigenvalue weighted by Gasteiger charge is -2.33. The lowest BCUT2D eigenvalue weighted by Crippen LogP contribution is -2.51. The van der Waals surface area contributed by atoms with E-state index >= 15 is 0 Å². The molecule has 2 amide bonds. The first-order valence-electron chi connectivity index (χ1n) is 13.4. The van der Waals surface area contributed by atoms with E-state index in [1.165, 1.54) is 17.0 Å². The summed E-state index contributed by atoms with van der Waals surface area (Å²) < 4.78 is 26.2. The van der Waals surface area contributed by atoms with Crippen LogP contribution in [-0.2, 0) is 26.2 Å². The number of hydrogen-bond donors (Lipinski definition) is 1. The summed E-state index contributed by atoms with van der Waals surface area (Å²) in [5.74, 6) is -0.246. The van der Waals surface area contributed by atoms with Gasteiger partial charge in [0.15, 0.2) is 0 Å². The summed E-state index contributed by atoms with van der Waals surface area (Å²) in [6, 6.07) is 16.5. The molecule has 0 aliphatic heterocycles. The van der Waals surface area contributed by atoms with E-state index in [2.05, 4.69) is 5.32 Å². The van der Waals surface area contributed by atoms with Crippen LogP contribution in [0, 0.1) is 6.92 Å². The van der Waals surface area contributed by atoms with Gasteiger partial charge in [0.2, 0.25) is 21.8 Å². The summed E-state index contributed by atoms with van der Waals surface area (Å²) in [6.07, 6.45) is 7.59. The van der Waals surface area contributed by atoms with Crippen LogP contribution >= 0.6 is 0 Å². The standard InChI is InChI=1S/C29H41N3O4S/c1-4-27(29(34)30-25-12-7-5-8-13-25)31(22-24-19-17-23(2)18-20-24)28(33)16-11-21-32(37(3,35)36)26-14-9-6-10-15-26/h6,9-10,14-15,17-20,25,27H,4-5,7-8,11-13,16,21-22H2,1-3H3,(H,30,34)/t27-/m1/s1. The van der Waals surface area contributed by atoms with Crippen molar-refractivity contribution in [1.82, 2.24) is 10.2 Å². The number of rotatable bonds is 12. The van der Waals surface area contributed by atoms with E-state index in [0.29, 0.717) is 25.1 Å². The normalized spacial score (nSPS) is 15.1. The van der Waals surface area contributed by atoms with Gasteiger partial charge in [0, 0.05) is 25.6 Å². The maximum absolute atomic E-state index is 13.6. The zero-order chi connectivity index (χ0) is 26.8. The lowest BCUT2D eigenvalue weighted by atomic mass is 9.95. The molecule has 2 aromatic rings. The Morgan fingerprint density at radius 2 is 1.65 bits per heavy atom. The Bertz CT molecular complexity index is 1110. The number of amides is 2. The molecule has 1 N–H and O–H groups in total.